The highest BCUT2D eigenvalue weighted by Crippen LogP contribution is 2.49. The lowest BCUT2D eigenvalue weighted by Crippen LogP contribution is -2.43. The van der Waals surface area contributed by atoms with Crippen LogP contribution in [-0.4, -0.2) is 36.3 Å². The van der Waals surface area contributed by atoms with Gasteiger partial charge in [-0.25, -0.2) is 0 Å². The van der Waals surface area contributed by atoms with Gasteiger partial charge in [-0.2, -0.15) is 24.9 Å². The summed E-state index contributed by atoms with van der Waals surface area (Å²) in [7, 11) is 0. The van der Waals surface area contributed by atoms with Crippen LogP contribution in [0.25, 0.3) is 0 Å². The highest BCUT2D eigenvalue weighted by molar-refractivity contribution is 9.10. The maximum absolute atomic E-state index is 14.3. The molecule has 0 saturated heterocycles. The van der Waals surface area contributed by atoms with Crippen molar-refractivity contribution in [1.29, 1.82) is 0 Å². The number of rotatable bonds is 6. The first-order chi connectivity index (χ1) is 15.0. The van der Waals surface area contributed by atoms with E-state index in [-0.39, 0.29) is 33.0 Å². The number of amides is 1. The zero-order valence-electron chi connectivity index (χ0n) is 16.6. The standard InChI is InChI=1S/C21H17BrCl3F3N2OS/c1-32-9-18(31)29-8-12-3-2-11(4-14(12)22)17-7-20(10-30-17,21(26,27)28)13-5-15(23)19(25)16(24)6-13/h2-6H,7-10H2,1H3,(H,29,31). The number of benzene rings is 2. The Bertz CT molecular complexity index is 1060. The lowest BCUT2D eigenvalue weighted by atomic mass is 9.76. The highest BCUT2D eigenvalue weighted by atomic mass is 79.9. The first kappa shape index (κ1) is 25.7. The minimum Gasteiger partial charge on any atom is -0.351 e. The van der Waals surface area contributed by atoms with Crippen molar-refractivity contribution in [3.8, 4) is 0 Å². The second kappa shape index (κ2) is 10.1. The number of nitrogens with zero attached hydrogens (tertiary/aromatic N) is 1. The van der Waals surface area contributed by atoms with Crippen LogP contribution in [0.5, 0.6) is 0 Å². The fraction of sp³-hybridized carbons (Fsp3) is 0.333. The van der Waals surface area contributed by atoms with Crippen LogP contribution >= 0.6 is 62.5 Å². The Hall–Kier alpha value is -0.930. The summed E-state index contributed by atoms with van der Waals surface area (Å²) in [5.41, 5.74) is -0.635. The third-order valence-electron chi connectivity index (χ3n) is 5.23. The Kier molecular flexibility index (Phi) is 8.14. The summed E-state index contributed by atoms with van der Waals surface area (Å²) < 4.78 is 43.6. The molecular formula is C21H17BrCl3F3N2OS. The van der Waals surface area contributed by atoms with Crippen molar-refractivity contribution in [2.45, 2.75) is 24.6 Å². The van der Waals surface area contributed by atoms with Gasteiger partial charge < -0.3 is 5.32 Å². The van der Waals surface area contributed by atoms with Crippen molar-refractivity contribution in [2.24, 2.45) is 4.99 Å². The summed E-state index contributed by atoms with van der Waals surface area (Å²) in [6.07, 6.45) is -3.11. The van der Waals surface area contributed by atoms with E-state index in [0.717, 1.165) is 5.56 Å². The molecule has 0 fully saturated rings. The van der Waals surface area contributed by atoms with E-state index < -0.39 is 18.1 Å². The van der Waals surface area contributed by atoms with Gasteiger partial charge in [-0.05, 0) is 41.1 Å². The first-order valence-corrected chi connectivity index (χ1v) is 12.6. The quantitative estimate of drug-likeness (QED) is 0.367. The third-order valence-corrected chi connectivity index (χ3v) is 7.71. The van der Waals surface area contributed by atoms with Crippen LogP contribution < -0.4 is 5.32 Å². The molecule has 3 rings (SSSR count). The molecule has 2 aromatic carbocycles. The van der Waals surface area contributed by atoms with Gasteiger partial charge in [-0.15, -0.1) is 0 Å². The molecule has 0 aliphatic carbocycles. The van der Waals surface area contributed by atoms with Crippen LogP contribution in [0.15, 0.2) is 39.8 Å². The number of thioether (sulfide) groups is 1. The molecule has 2 aromatic rings. The Labute approximate surface area is 211 Å². The van der Waals surface area contributed by atoms with Gasteiger partial charge in [0.15, 0.2) is 0 Å². The predicted octanol–water partition coefficient (Wildman–Crippen LogP) is 7.08. The molecule has 1 aliphatic rings. The topological polar surface area (TPSA) is 41.5 Å². The first-order valence-electron chi connectivity index (χ1n) is 9.28. The molecule has 1 aliphatic heterocycles. The van der Waals surface area contributed by atoms with Crippen molar-refractivity contribution in [3.63, 3.8) is 0 Å². The van der Waals surface area contributed by atoms with Gasteiger partial charge in [0.25, 0.3) is 0 Å². The van der Waals surface area contributed by atoms with E-state index in [0.29, 0.717) is 28.0 Å². The lowest BCUT2D eigenvalue weighted by molar-refractivity contribution is -0.183. The average molecular weight is 589 g/mol. The molecule has 1 amide bonds. The van der Waals surface area contributed by atoms with Gasteiger partial charge in [0, 0.05) is 23.1 Å². The van der Waals surface area contributed by atoms with Gasteiger partial charge in [-0.3, -0.25) is 9.79 Å². The van der Waals surface area contributed by atoms with Crippen LogP contribution in [0.1, 0.15) is 23.1 Å². The number of halogens is 7. The Morgan fingerprint density at radius 3 is 2.44 bits per heavy atom. The molecule has 1 heterocycles. The molecule has 1 unspecified atom stereocenters. The van der Waals surface area contributed by atoms with E-state index in [4.69, 9.17) is 34.8 Å². The van der Waals surface area contributed by atoms with Crippen LogP contribution in [-0.2, 0) is 16.8 Å². The molecule has 0 aromatic heterocycles. The van der Waals surface area contributed by atoms with Crippen LogP contribution in [0.2, 0.25) is 15.1 Å². The van der Waals surface area contributed by atoms with E-state index in [1.165, 1.54) is 23.9 Å². The zero-order chi connectivity index (χ0) is 23.7. The molecule has 1 N–H and O–H groups in total. The smallest absolute Gasteiger partial charge is 0.351 e. The second-order valence-corrected chi connectivity index (χ2v) is 10.2. The van der Waals surface area contributed by atoms with Crippen molar-refractivity contribution >= 4 is 74.1 Å². The fourth-order valence-corrected chi connectivity index (χ4v) is 4.93. The molecule has 0 saturated carbocycles. The average Bonchev–Trinajstić information content (AvgIpc) is 3.18. The number of nitrogens with one attached hydrogen (secondary N) is 1. The zero-order valence-corrected chi connectivity index (χ0v) is 21.3. The summed E-state index contributed by atoms with van der Waals surface area (Å²) in [6.45, 7) is -0.175. The molecule has 11 heteroatoms. The predicted molar refractivity (Wildman–Crippen MR) is 130 cm³/mol. The van der Waals surface area contributed by atoms with Gasteiger partial charge in [-0.1, -0.05) is 62.9 Å². The summed E-state index contributed by atoms with van der Waals surface area (Å²) in [4.78, 5) is 15.9. The van der Waals surface area contributed by atoms with Crippen LogP contribution in [0.4, 0.5) is 13.2 Å². The molecule has 3 nitrogen and oxygen atoms in total. The normalized spacial score (nSPS) is 18.6. The Morgan fingerprint density at radius 1 is 1.22 bits per heavy atom. The number of hydrogen-bond acceptors (Lipinski definition) is 3. The maximum atomic E-state index is 14.3. The summed E-state index contributed by atoms with van der Waals surface area (Å²) >= 11 is 22.8. The van der Waals surface area contributed by atoms with Crippen molar-refractivity contribution in [2.75, 3.05) is 18.6 Å². The monoisotopic (exact) mass is 586 g/mol. The SMILES string of the molecule is CSCC(=O)NCc1ccc(C2=NCC(c3cc(Cl)c(Cl)c(Cl)c3)(C(F)(F)F)C2)cc1Br. The van der Waals surface area contributed by atoms with E-state index in [1.54, 1.807) is 18.2 Å². The van der Waals surface area contributed by atoms with Crippen molar-refractivity contribution < 1.29 is 18.0 Å². The number of aliphatic imine (C=N–C) groups is 1. The number of alkyl halides is 3. The van der Waals surface area contributed by atoms with Gasteiger partial charge in [0.2, 0.25) is 5.91 Å². The molecule has 1 atom stereocenters. The molecule has 172 valence electrons. The van der Waals surface area contributed by atoms with E-state index in [9.17, 15) is 18.0 Å². The molecule has 0 bridgehead atoms. The second-order valence-electron chi connectivity index (χ2n) is 7.29. The van der Waals surface area contributed by atoms with E-state index >= 15 is 0 Å². The molecule has 0 spiro atoms. The van der Waals surface area contributed by atoms with Crippen molar-refractivity contribution in [3.05, 3.63) is 66.6 Å². The summed E-state index contributed by atoms with van der Waals surface area (Å²) in [5.74, 6) is 0.258. The minimum atomic E-state index is -4.59. The summed E-state index contributed by atoms with van der Waals surface area (Å²) in [5, 5.41) is 2.73. The van der Waals surface area contributed by atoms with E-state index in [1.807, 2.05) is 6.26 Å². The van der Waals surface area contributed by atoms with Crippen molar-refractivity contribution in [1.82, 2.24) is 5.32 Å². The third kappa shape index (κ3) is 5.25. The Morgan fingerprint density at radius 2 is 1.88 bits per heavy atom. The van der Waals surface area contributed by atoms with Gasteiger partial charge in [0.05, 0.1) is 27.4 Å². The lowest BCUT2D eigenvalue weighted by Gasteiger charge is -2.32. The largest absolute Gasteiger partial charge is 0.400 e. The van der Waals surface area contributed by atoms with Crippen LogP contribution in [0, 0.1) is 0 Å². The molecule has 32 heavy (non-hydrogen) atoms. The van der Waals surface area contributed by atoms with Gasteiger partial charge in [0.1, 0.15) is 5.41 Å². The maximum Gasteiger partial charge on any atom is 0.400 e. The van der Waals surface area contributed by atoms with Gasteiger partial charge >= 0.3 is 6.18 Å². The molecule has 0 radical (unpaired) electrons. The number of carbonyl (C=O) groups excluding carboxylic acids is 1. The van der Waals surface area contributed by atoms with Crippen LogP contribution in [0.3, 0.4) is 0 Å². The molecular weight excluding hydrogens is 572 g/mol. The number of hydrogen-bond donors (Lipinski definition) is 1. The Balaban J connectivity index is 1.87. The number of carbonyl (C=O) groups is 1. The minimum absolute atomic E-state index is 0.0117. The fourth-order valence-electron chi connectivity index (χ4n) is 3.45. The summed E-state index contributed by atoms with van der Waals surface area (Å²) in [6, 6.07) is 7.58. The highest BCUT2D eigenvalue weighted by Gasteiger charge is 2.58. The van der Waals surface area contributed by atoms with E-state index in [2.05, 4.69) is 26.2 Å².